The van der Waals surface area contributed by atoms with Gasteiger partial charge in [-0.1, -0.05) is 67.9 Å². The number of nitrogens with two attached hydrogens (primary N) is 1. The van der Waals surface area contributed by atoms with E-state index >= 15 is 0 Å². The fourth-order valence-electron chi connectivity index (χ4n) is 3.82. The molecule has 2 N–H and O–H groups in total. The quantitative estimate of drug-likeness (QED) is 0.431. The molecule has 2 aromatic carbocycles. The number of ether oxygens (including phenoxy) is 2. The molecule has 0 unspecified atom stereocenters. The molecular formula is C25H20Br2N2O5S. The third-order valence-corrected chi connectivity index (χ3v) is 7.59. The molecule has 10 heteroatoms. The second kappa shape index (κ2) is 10.4. The van der Waals surface area contributed by atoms with Crippen LogP contribution >= 0.6 is 43.6 Å². The van der Waals surface area contributed by atoms with Crippen molar-refractivity contribution < 1.29 is 23.9 Å². The lowest BCUT2D eigenvalue weighted by atomic mass is 10.1. The summed E-state index contributed by atoms with van der Waals surface area (Å²) in [5.74, 6) is -1.81. The van der Waals surface area contributed by atoms with Crippen molar-refractivity contribution in [2.45, 2.75) is 12.2 Å². The Bertz CT molecular complexity index is 1480. The van der Waals surface area contributed by atoms with E-state index in [-0.39, 0.29) is 28.2 Å². The largest absolute Gasteiger partial charge is 0.464 e. The fourth-order valence-corrected chi connectivity index (χ4v) is 5.85. The number of thioether (sulfide) groups is 1. The standard InChI is InChI=1S/C25H20Br2N2O5S/c1-3-34-25(32)22-19-17(11-13-6-4-8-15(26)10-13)18(28)20(24(31)33-2)29(19)23(30)21(35-22)14-7-5-9-16(27)12-14/h4-12,21H,3,28H2,1-2H3/b17-11+/t21-/m1/s1. The molecule has 0 fully saturated rings. The van der Waals surface area contributed by atoms with Crippen molar-refractivity contribution in [3.05, 3.63) is 84.9 Å². The van der Waals surface area contributed by atoms with E-state index < -0.39 is 23.1 Å². The van der Waals surface area contributed by atoms with Crippen LogP contribution < -0.4 is 16.3 Å². The van der Waals surface area contributed by atoms with E-state index in [1.54, 1.807) is 31.2 Å². The number of nitrogens with zero attached hydrogens (tertiary/aromatic N) is 1. The Balaban J connectivity index is 2.11. The number of esters is 2. The van der Waals surface area contributed by atoms with Crippen LogP contribution in [-0.4, -0.2) is 36.1 Å². The lowest BCUT2D eigenvalue weighted by molar-refractivity contribution is -0.135. The molecule has 0 saturated heterocycles. The van der Waals surface area contributed by atoms with Gasteiger partial charge in [-0.25, -0.2) is 9.59 Å². The molecule has 2 heterocycles. The summed E-state index contributed by atoms with van der Waals surface area (Å²) in [5.41, 5.74) is 7.77. The number of halogens is 2. The smallest absolute Gasteiger partial charge is 0.357 e. The second-order valence-electron chi connectivity index (χ2n) is 7.49. The lowest BCUT2D eigenvalue weighted by Crippen LogP contribution is -2.42. The normalized spacial score (nSPS) is 15.7. The molecule has 0 spiro atoms. The van der Waals surface area contributed by atoms with E-state index in [0.29, 0.717) is 10.8 Å². The van der Waals surface area contributed by atoms with E-state index in [4.69, 9.17) is 15.2 Å². The second-order valence-corrected chi connectivity index (χ2v) is 10.4. The van der Waals surface area contributed by atoms with Crippen LogP contribution in [0, 0.1) is 0 Å². The van der Waals surface area contributed by atoms with Crippen molar-refractivity contribution >= 4 is 78.1 Å². The number of nitrogen functional groups attached to an aromatic ring is 1. The van der Waals surface area contributed by atoms with Gasteiger partial charge < -0.3 is 15.2 Å². The molecule has 1 aromatic heterocycles. The van der Waals surface area contributed by atoms with Gasteiger partial charge in [-0.15, -0.1) is 0 Å². The lowest BCUT2D eigenvalue weighted by Gasteiger charge is -2.23. The van der Waals surface area contributed by atoms with Gasteiger partial charge in [-0.2, -0.15) is 0 Å². The Morgan fingerprint density at radius 2 is 1.80 bits per heavy atom. The SMILES string of the molecule is CCOC(=O)C1=c2/c(=C/c3cccc(Br)c3)c(N)c(C(=O)OC)n2C(=O)[C@@H](c2cccc(Br)c2)S1. The number of anilines is 1. The number of rotatable bonds is 5. The van der Waals surface area contributed by atoms with Crippen molar-refractivity contribution in [3.8, 4) is 0 Å². The van der Waals surface area contributed by atoms with Crippen LogP contribution in [0.3, 0.4) is 0 Å². The van der Waals surface area contributed by atoms with Gasteiger partial charge in [0, 0.05) is 14.2 Å². The first-order valence-electron chi connectivity index (χ1n) is 10.5. The first-order chi connectivity index (χ1) is 16.8. The highest BCUT2D eigenvalue weighted by Crippen LogP contribution is 2.40. The van der Waals surface area contributed by atoms with E-state index in [1.807, 2.05) is 30.3 Å². The molecule has 1 aliphatic rings. The molecule has 3 aromatic rings. The van der Waals surface area contributed by atoms with E-state index in [0.717, 1.165) is 26.3 Å². The summed E-state index contributed by atoms with van der Waals surface area (Å²) in [6.45, 7) is 1.84. The Kier molecular flexibility index (Phi) is 7.53. The van der Waals surface area contributed by atoms with Gasteiger partial charge in [0.1, 0.15) is 10.2 Å². The molecule has 0 aliphatic carbocycles. The summed E-state index contributed by atoms with van der Waals surface area (Å²) in [6.07, 6.45) is 1.73. The van der Waals surface area contributed by atoms with Crippen LogP contribution in [0.5, 0.6) is 0 Å². The molecule has 7 nitrogen and oxygen atoms in total. The predicted molar refractivity (Wildman–Crippen MR) is 142 cm³/mol. The van der Waals surface area contributed by atoms with Gasteiger partial charge in [-0.05, 0) is 48.4 Å². The molecule has 0 saturated carbocycles. The minimum absolute atomic E-state index is 0.0393. The van der Waals surface area contributed by atoms with Crippen molar-refractivity contribution in [2.75, 3.05) is 19.5 Å². The topological polar surface area (TPSA) is 101 Å². The number of fused-ring (bicyclic) bond motifs is 1. The van der Waals surface area contributed by atoms with Crippen LogP contribution in [0.15, 0.2) is 57.5 Å². The van der Waals surface area contributed by atoms with Gasteiger partial charge in [-0.3, -0.25) is 9.36 Å². The first kappa shape index (κ1) is 25.3. The maximum absolute atomic E-state index is 13.8. The van der Waals surface area contributed by atoms with Crippen molar-refractivity contribution in [1.29, 1.82) is 0 Å². The summed E-state index contributed by atoms with van der Waals surface area (Å²) in [6, 6.07) is 14.6. The number of hydrogen-bond acceptors (Lipinski definition) is 7. The highest BCUT2D eigenvalue weighted by molar-refractivity contribution is 9.10. The maximum atomic E-state index is 13.8. The summed E-state index contributed by atoms with van der Waals surface area (Å²) >= 11 is 7.94. The number of carbonyl (C=O) groups is 3. The number of hydrogen-bond donors (Lipinski definition) is 1. The van der Waals surface area contributed by atoms with E-state index in [9.17, 15) is 14.4 Å². The Labute approximate surface area is 222 Å². The average molecular weight is 620 g/mol. The fraction of sp³-hybridized carbons (Fsp3) is 0.160. The zero-order valence-electron chi connectivity index (χ0n) is 18.7. The van der Waals surface area contributed by atoms with Crippen LogP contribution in [0.1, 0.15) is 38.6 Å². The van der Waals surface area contributed by atoms with Crippen molar-refractivity contribution in [2.24, 2.45) is 0 Å². The van der Waals surface area contributed by atoms with Crippen molar-refractivity contribution in [3.63, 3.8) is 0 Å². The zero-order chi connectivity index (χ0) is 25.3. The molecule has 1 aliphatic heterocycles. The van der Waals surface area contributed by atoms with Crippen LogP contribution in [-0.2, 0) is 14.3 Å². The average Bonchev–Trinajstić information content (AvgIpc) is 3.11. The molecule has 0 bridgehead atoms. The van der Waals surface area contributed by atoms with E-state index in [1.165, 1.54) is 11.7 Å². The third-order valence-electron chi connectivity index (χ3n) is 5.29. The summed E-state index contributed by atoms with van der Waals surface area (Å²) in [5, 5.41) is -0.240. The van der Waals surface area contributed by atoms with Gasteiger partial charge in [0.05, 0.1) is 24.8 Å². The Morgan fingerprint density at radius 3 is 2.43 bits per heavy atom. The van der Waals surface area contributed by atoms with Crippen LogP contribution in [0.2, 0.25) is 0 Å². The maximum Gasteiger partial charge on any atom is 0.357 e. The Hall–Kier alpha value is -2.82. The highest BCUT2D eigenvalue weighted by Gasteiger charge is 2.38. The minimum Gasteiger partial charge on any atom is -0.464 e. The molecule has 0 amide bonds. The number of aromatic nitrogens is 1. The zero-order valence-corrected chi connectivity index (χ0v) is 22.7. The number of benzene rings is 2. The summed E-state index contributed by atoms with van der Waals surface area (Å²) in [4.78, 5) is 40.0. The minimum atomic E-state index is -0.812. The summed E-state index contributed by atoms with van der Waals surface area (Å²) in [7, 11) is 1.21. The number of carbonyl (C=O) groups excluding carboxylic acids is 3. The molecular weight excluding hydrogens is 600 g/mol. The third kappa shape index (κ3) is 4.82. The van der Waals surface area contributed by atoms with Crippen LogP contribution in [0.25, 0.3) is 11.0 Å². The highest BCUT2D eigenvalue weighted by atomic mass is 79.9. The first-order valence-corrected chi connectivity index (χ1v) is 13.0. The van der Waals surface area contributed by atoms with Crippen molar-refractivity contribution in [1.82, 2.24) is 4.57 Å². The Morgan fingerprint density at radius 1 is 1.11 bits per heavy atom. The molecule has 0 radical (unpaired) electrons. The molecule has 180 valence electrons. The predicted octanol–water partition coefficient (Wildman–Crippen LogP) is 4.01. The van der Waals surface area contributed by atoms with Gasteiger partial charge in [0.25, 0.3) is 0 Å². The van der Waals surface area contributed by atoms with Gasteiger partial charge in [0.15, 0.2) is 5.69 Å². The van der Waals surface area contributed by atoms with Crippen LogP contribution in [0.4, 0.5) is 5.69 Å². The summed E-state index contributed by atoms with van der Waals surface area (Å²) < 4.78 is 13.1. The monoisotopic (exact) mass is 618 g/mol. The number of methoxy groups -OCH3 is 1. The molecule has 35 heavy (non-hydrogen) atoms. The molecule has 4 rings (SSSR count). The van der Waals surface area contributed by atoms with Gasteiger partial charge >= 0.3 is 11.9 Å². The molecule has 1 atom stereocenters. The van der Waals surface area contributed by atoms with Gasteiger partial charge in [0.2, 0.25) is 5.91 Å². The van der Waals surface area contributed by atoms with E-state index in [2.05, 4.69) is 31.9 Å².